The Balaban J connectivity index is 3.68. The monoisotopic (exact) mass is 123 g/mol. The molecule has 0 heterocycles. The van der Waals surface area contributed by atoms with Crippen molar-refractivity contribution in [2.24, 2.45) is 0 Å². The second kappa shape index (κ2) is 2.49. The minimum atomic E-state index is 0.259. The van der Waals surface area contributed by atoms with Crippen LogP contribution in [-0.2, 0) is 0 Å². The molecule has 0 aliphatic carbocycles. The van der Waals surface area contributed by atoms with Gasteiger partial charge in [-0.3, -0.25) is 0 Å². The molecule has 0 fully saturated rings. The van der Waals surface area contributed by atoms with Crippen molar-refractivity contribution < 1.29 is 0 Å². The van der Waals surface area contributed by atoms with Crippen molar-refractivity contribution in [3.63, 3.8) is 0 Å². The van der Waals surface area contributed by atoms with Crippen LogP contribution in [-0.4, -0.2) is 0 Å². The van der Waals surface area contributed by atoms with Crippen LogP contribution in [0.5, 0.6) is 0 Å². The molecule has 0 bridgehead atoms. The summed E-state index contributed by atoms with van der Waals surface area (Å²) in [5.41, 5.74) is 0.707. The Morgan fingerprint density at radius 1 is 1.50 bits per heavy atom. The standard InChI is InChI=1S/C4H5Cl2/c1-3(2)4(5)6/h1H2,2H3. The van der Waals surface area contributed by atoms with Gasteiger partial charge in [-0.1, -0.05) is 23.2 Å². The van der Waals surface area contributed by atoms with Crippen LogP contribution in [0.25, 0.3) is 0 Å². The number of hydrogen-bond acceptors (Lipinski definition) is 0. The van der Waals surface area contributed by atoms with Gasteiger partial charge in [0.05, 0.1) is 0 Å². The second-order valence-electron chi connectivity index (χ2n) is 1.04. The summed E-state index contributed by atoms with van der Waals surface area (Å²) in [5, 5.41) is 0. The van der Waals surface area contributed by atoms with E-state index < -0.39 is 0 Å². The highest BCUT2D eigenvalue weighted by Crippen LogP contribution is 2.10. The molecule has 35 valence electrons. The molecule has 0 aliphatic rings. The summed E-state index contributed by atoms with van der Waals surface area (Å²) in [5.74, 6) is 0. The first-order valence-electron chi connectivity index (χ1n) is 1.48. The third-order valence-electron chi connectivity index (χ3n) is 0.323. The topological polar surface area (TPSA) is 0 Å². The van der Waals surface area contributed by atoms with Gasteiger partial charge in [0.2, 0.25) is 0 Å². The highest BCUT2D eigenvalue weighted by molar-refractivity contribution is 6.56. The van der Waals surface area contributed by atoms with Gasteiger partial charge in [-0.15, -0.1) is 0 Å². The Hall–Kier alpha value is 0.320. The number of rotatable bonds is 0. The zero-order valence-corrected chi connectivity index (χ0v) is 4.97. The van der Waals surface area contributed by atoms with Crippen molar-refractivity contribution in [3.05, 3.63) is 17.0 Å². The van der Waals surface area contributed by atoms with Gasteiger partial charge in [0.25, 0.3) is 0 Å². The highest BCUT2D eigenvalue weighted by atomic mass is 35.5. The molecule has 0 nitrogen and oxygen atoms in total. The third kappa shape index (κ3) is 2.55. The van der Waals surface area contributed by atoms with E-state index in [9.17, 15) is 0 Å². The molecule has 0 N–H and O–H groups in total. The van der Waals surface area contributed by atoms with Gasteiger partial charge in [-0.25, -0.2) is 0 Å². The van der Waals surface area contributed by atoms with Crippen molar-refractivity contribution in [1.82, 2.24) is 0 Å². The summed E-state index contributed by atoms with van der Waals surface area (Å²) in [6.07, 6.45) is 0. The molecule has 0 spiro atoms. The zero-order valence-electron chi connectivity index (χ0n) is 3.46. The number of allylic oxidation sites excluding steroid dienone is 1. The molecule has 0 saturated carbocycles. The minimum absolute atomic E-state index is 0.259. The maximum absolute atomic E-state index is 5.20. The van der Waals surface area contributed by atoms with Crippen molar-refractivity contribution in [2.75, 3.05) is 0 Å². The average Bonchev–Trinajstić information content (AvgIpc) is 1.36. The largest absolute Gasteiger partial charge is 0.105 e. The molecule has 0 amide bonds. The Bertz CT molecular complexity index is 55.6. The number of halogens is 2. The van der Waals surface area contributed by atoms with Gasteiger partial charge in [-0.2, -0.15) is 0 Å². The molecular formula is C4H5Cl2. The molecule has 0 aromatic carbocycles. The maximum Gasteiger partial charge on any atom is 0.105 e. The van der Waals surface area contributed by atoms with Gasteiger partial charge in [-0.05, 0) is 19.4 Å². The normalized spacial score (nSPS) is 8.00. The van der Waals surface area contributed by atoms with Gasteiger partial charge >= 0.3 is 0 Å². The first-order chi connectivity index (χ1) is 2.64. The average molecular weight is 124 g/mol. The van der Waals surface area contributed by atoms with Crippen LogP contribution in [0.2, 0.25) is 0 Å². The molecule has 0 atom stereocenters. The van der Waals surface area contributed by atoms with Crippen LogP contribution in [0.3, 0.4) is 0 Å². The van der Waals surface area contributed by atoms with Crippen LogP contribution >= 0.6 is 23.2 Å². The van der Waals surface area contributed by atoms with E-state index in [2.05, 4.69) is 6.92 Å². The van der Waals surface area contributed by atoms with Crippen molar-refractivity contribution in [3.8, 4) is 0 Å². The van der Waals surface area contributed by atoms with E-state index in [1.807, 2.05) is 0 Å². The van der Waals surface area contributed by atoms with E-state index in [1.165, 1.54) is 0 Å². The quantitative estimate of drug-likeness (QED) is 0.465. The summed E-state index contributed by atoms with van der Waals surface area (Å²) in [7, 11) is 0. The fourth-order valence-electron chi connectivity index (χ4n) is 0. The van der Waals surface area contributed by atoms with E-state index in [0.29, 0.717) is 5.57 Å². The first-order valence-corrected chi connectivity index (χ1v) is 2.24. The molecule has 0 aromatic heterocycles. The van der Waals surface area contributed by atoms with Crippen LogP contribution in [0, 0.1) is 6.92 Å². The first kappa shape index (κ1) is 6.32. The SMILES string of the molecule is [CH2]C(C)=C(Cl)Cl. The molecule has 0 unspecified atom stereocenters. The lowest BCUT2D eigenvalue weighted by molar-refractivity contribution is 1.55. The molecule has 0 rings (SSSR count). The zero-order chi connectivity index (χ0) is 5.15. The van der Waals surface area contributed by atoms with Crippen LogP contribution in [0.4, 0.5) is 0 Å². The predicted molar refractivity (Wildman–Crippen MR) is 29.8 cm³/mol. The van der Waals surface area contributed by atoms with Gasteiger partial charge in [0, 0.05) is 0 Å². The second-order valence-corrected chi connectivity index (χ2v) is 1.99. The smallest absolute Gasteiger partial charge is 0.0710 e. The van der Waals surface area contributed by atoms with E-state index in [4.69, 9.17) is 23.2 Å². The van der Waals surface area contributed by atoms with Gasteiger partial charge in [0.15, 0.2) is 0 Å². The van der Waals surface area contributed by atoms with Crippen LogP contribution in [0.15, 0.2) is 10.1 Å². The fraction of sp³-hybridized carbons (Fsp3) is 0.250. The fourth-order valence-corrected chi connectivity index (χ4v) is 0. The molecule has 0 saturated heterocycles. The maximum atomic E-state index is 5.20. The summed E-state index contributed by atoms with van der Waals surface area (Å²) in [6, 6.07) is 0. The minimum Gasteiger partial charge on any atom is -0.0710 e. The van der Waals surface area contributed by atoms with Crippen molar-refractivity contribution in [2.45, 2.75) is 6.92 Å². The van der Waals surface area contributed by atoms with E-state index in [-0.39, 0.29) is 4.49 Å². The van der Waals surface area contributed by atoms with Crippen molar-refractivity contribution in [1.29, 1.82) is 0 Å². The summed E-state index contributed by atoms with van der Waals surface area (Å²) < 4.78 is 0.259. The van der Waals surface area contributed by atoms with E-state index in [0.717, 1.165) is 0 Å². The van der Waals surface area contributed by atoms with Crippen LogP contribution in [0.1, 0.15) is 6.92 Å². The Labute approximate surface area is 47.8 Å². The van der Waals surface area contributed by atoms with Gasteiger partial charge in [0.1, 0.15) is 4.49 Å². The highest BCUT2D eigenvalue weighted by Gasteiger charge is 1.82. The Morgan fingerprint density at radius 2 is 1.67 bits per heavy atom. The molecule has 1 radical (unpaired) electrons. The lowest BCUT2D eigenvalue weighted by Crippen LogP contribution is -1.59. The summed E-state index contributed by atoms with van der Waals surface area (Å²) in [4.78, 5) is 0. The number of hydrogen-bond donors (Lipinski definition) is 0. The molecule has 6 heavy (non-hydrogen) atoms. The van der Waals surface area contributed by atoms with Gasteiger partial charge < -0.3 is 0 Å². The van der Waals surface area contributed by atoms with E-state index >= 15 is 0 Å². The molecule has 2 heteroatoms. The van der Waals surface area contributed by atoms with Crippen molar-refractivity contribution >= 4 is 23.2 Å². The summed E-state index contributed by atoms with van der Waals surface area (Å²) in [6.45, 7) is 5.20. The Kier molecular flexibility index (Phi) is 2.62. The van der Waals surface area contributed by atoms with E-state index in [1.54, 1.807) is 6.92 Å². The van der Waals surface area contributed by atoms with Crippen LogP contribution < -0.4 is 0 Å². The lowest BCUT2D eigenvalue weighted by Gasteiger charge is -1.81. The lowest BCUT2D eigenvalue weighted by atomic mass is 10.4. The predicted octanol–water partition coefficient (Wildman–Crippen LogP) is 2.53. The molecular weight excluding hydrogens is 119 g/mol. The third-order valence-corrected chi connectivity index (χ3v) is 0.968. The molecule has 0 aliphatic heterocycles. The molecule has 0 aromatic rings. The Morgan fingerprint density at radius 3 is 1.67 bits per heavy atom. The summed E-state index contributed by atoms with van der Waals surface area (Å²) >= 11 is 10.4.